The van der Waals surface area contributed by atoms with Gasteiger partial charge in [0, 0.05) is 24.0 Å². The van der Waals surface area contributed by atoms with Gasteiger partial charge in [0.25, 0.3) is 5.91 Å². The Morgan fingerprint density at radius 2 is 2.05 bits per heavy atom. The third-order valence-corrected chi connectivity index (χ3v) is 3.12. The number of halogens is 1. The fraction of sp³-hybridized carbons (Fsp3) is 0.267. The quantitative estimate of drug-likeness (QED) is 0.812. The van der Waals surface area contributed by atoms with Crippen molar-refractivity contribution in [1.82, 2.24) is 14.9 Å². The number of hydrogen-bond acceptors (Lipinski definition) is 3. The summed E-state index contributed by atoms with van der Waals surface area (Å²) in [5.74, 6) is -0.0741. The van der Waals surface area contributed by atoms with Crippen LogP contribution in [0.25, 0.3) is 0 Å². The number of carbonyl (C=O) groups excluding carboxylic acids is 1. The molecule has 0 aliphatic carbocycles. The summed E-state index contributed by atoms with van der Waals surface area (Å²) in [4.78, 5) is 22.5. The Kier molecular flexibility index (Phi) is 4.69. The van der Waals surface area contributed by atoms with Crippen LogP contribution in [-0.2, 0) is 6.54 Å². The Morgan fingerprint density at radius 3 is 2.65 bits per heavy atom. The first-order valence-electron chi connectivity index (χ1n) is 6.40. The standard InChI is InChI=1S/C15H16ClN3O/c1-11(2)19(10-13-5-3-4-7-17-13)15(20)12-6-8-18-14(16)9-12/h3-9,11H,10H2,1-2H3. The molecule has 0 fully saturated rings. The Hall–Kier alpha value is -1.94. The van der Waals surface area contributed by atoms with Crippen LogP contribution in [0.2, 0.25) is 5.15 Å². The van der Waals surface area contributed by atoms with Crippen LogP contribution in [-0.4, -0.2) is 26.8 Å². The minimum atomic E-state index is -0.0741. The van der Waals surface area contributed by atoms with Gasteiger partial charge >= 0.3 is 0 Å². The largest absolute Gasteiger partial charge is 0.330 e. The van der Waals surface area contributed by atoms with Gasteiger partial charge in [-0.3, -0.25) is 9.78 Å². The van der Waals surface area contributed by atoms with Crippen molar-refractivity contribution in [2.24, 2.45) is 0 Å². The maximum atomic E-state index is 12.6. The van der Waals surface area contributed by atoms with Crippen molar-refractivity contribution in [2.75, 3.05) is 0 Å². The number of aromatic nitrogens is 2. The van der Waals surface area contributed by atoms with Crippen LogP contribution >= 0.6 is 11.6 Å². The normalized spacial score (nSPS) is 10.6. The van der Waals surface area contributed by atoms with Gasteiger partial charge in [-0.05, 0) is 38.1 Å². The summed E-state index contributed by atoms with van der Waals surface area (Å²) in [5.41, 5.74) is 1.39. The molecule has 0 N–H and O–H groups in total. The molecule has 2 aromatic rings. The summed E-state index contributed by atoms with van der Waals surface area (Å²) >= 11 is 5.84. The topological polar surface area (TPSA) is 46.1 Å². The predicted molar refractivity (Wildman–Crippen MR) is 78.5 cm³/mol. The molecular formula is C15H16ClN3O. The molecule has 0 saturated carbocycles. The molecule has 2 rings (SSSR count). The van der Waals surface area contributed by atoms with Crippen molar-refractivity contribution in [1.29, 1.82) is 0 Å². The highest BCUT2D eigenvalue weighted by atomic mass is 35.5. The van der Waals surface area contributed by atoms with Crippen molar-refractivity contribution in [3.63, 3.8) is 0 Å². The molecule has 0 aromatic carbocycles. The average Bonchev–Trinajstić information content (AvgIpc) is 2.45. The van der Waals surface area contributed by atoms with Crippen LogP contribution < -0.4 is 0 Å². The van der Waals surface area contributed by atoms with E-state index in [1.54, 1.807) is 23.2 Å². The van der Waals surface area contributed by atoms with Crippen LogP contribution in [0.15, 0.2) is 42.7 Å². The fourth-order valence-electron chi connectivity index (χ4n) is 1.86. The summed E-state index contributed by atoms with van der Waals surface area (Å²) in [6.45, 7) is 4.42. The second-order valence-corrected chi connectivity index (χ2v) is 5.10. The highest BCUT2D eigenvalue weighted by Gasteiger charge is 2.19. The predicted octanol–water partition coefficient (Wildman–Crippen LogP) is 3.18. The number of hydrogen-bond donors (Lipinski definition) is 0. The van der Waals surface area contributed by atoms with Gasteiger partial charge in [0.1, 0.15) is 5.15 Å². The van der Waals surface area contributed by atoms with E-state index in [0.29, 0.717) is 17.3 Å². The van der Waals surface area contributed by atoms with E-state index < -0.39 is 0 Å². The van der Waals surface area contributed by atoms with E-state index in [0.717, 1.165) is 5.69 Å². The average molecular weight is 290 g/mol. The highest BCUT2D eigenvalue weighted by Crippen LogP contribution is 2.14. The first-order chi connectivity index (χ1) is 9.58. The number of rotatable bonds is 4. The Bertz CT molecular complexity index is 587. The summed E-state index contributed by atoms with van der Waals surface area (Å²) in [6.07, 6.45) is 3.26. The van der Waals surface area contributed by atoms with Crippen LogP contribution in [0.5, 0.6) is 0 Å². The van der Waals surface area contributed by atoms with E-state index in [1.807, 2.05) is 32.0 Å². The van der Waals surface area contributed by atoms with Crippen LogP contribution in [0, 0.1) is 0 Å². The molecule has 0 spiro atoms. The second-order valence-electron chi connectivity index (χ2n) is 4.72. The monoisotopic (exact) mass is 289 g/mol. The fourth-order valence-corrected chi connectivity index (χ4v) is 2.03. The molecule has 0 bridgehead atoms. The third-order valence-electron chi connectivity index (χ3n) is 2.92. The van der Waals surface area contributed by atoms with Crippen LogP contribution in [0.1, 0.15) is 29.9 Å². The van der Waals surface area contributed by atoms with Gasteiger partial charge < -0.3 is 4.90 Å². The Labute approximate surface area is 123 Å². The molecule has 0 atom stereocenters. The van der Waals surface area contributed by atoms with Crippen molar-refractivity contribution >= 4 is 17.5 Å². The van der Waals surface area contributed by atoms with Gasteiger partial charge in [0.15, 0.2) is 0 Å². The minimum absolute atomic E-state index is 0.0662. The number of carbonyl (C=O) groups is 1. The Balaban J connectivity index is 2.23. The van der Waals surface area contributed by atoms with E-state index >= 15 is 0 Å². The highest BCUT2D eigenvalue weighted by molar-refractivity contribution is 6.29. The van der Waals surface area contributed by atoms with Gasteiger partial charge in [-0.1, -0.05) is 17.7 Å². The lowest BCUT2D eigenvalue weighted by Gasteiger charge is -2.26. The van der Waals surface area contributed by atoms with Gasteiger partial charge in [-0.15, -0.1) is 0 Å². The van der Waals surface area contributed by atoms with E-state index in [2.05, 4.69) is 9.97 Å². The summed E-state index contributed by atoms with van der Waals surface area (Å²) in [6, 6.07) is 8.99. The van der Waals surface area contributed by atoms with Gasteiger partial charge in [-0.2, -0.15) is 0 Å². The maximum Gasteiger partial charge on any atom is 0.254 e. The van der Waals surface area contributed by atoms with E-state index in [1.165, 1.54) is 6.20 Å². The molecule has 0 aliphatic heterocycles. The van der Waals surface area contributed by atoms with E-state index in [4.69, 9.17) is 11.6 Å². The molecule has 0 radical (unpaired) electrons. The zero-order chi connectivity index (χ0) is 14.5. The zero-order valence-corrected chi connectivity index (χ0v) is 12.2. The van der Waals surface area contributed by atoms with Crippen molar-refractivity contribution < 1.29 is 4.79 Å². The van der Waals surface area contributed by atoms with Crippen molar-refractivity contribution in [3.05, 3.63) is 59.1 Å². The van der Waals surface area contributed by atoms with Crippen molar-refractivity contribution in [3.8, 4) is 0 Å². The molecule has 1 amide bonds. The first kappa shape index (κ1) is 14.5. The lowest BCUT2D eigenvalue weighted by atomic mass is 10.2. The van der Waals surface area contributed by atoms with Gasteiger partial charge in [0.05, 0.1) is 12.2 Å². The van der Waals surface area contributed by atoms with E-state index in [-0.39, 0.29) is 11.9 Å². The van der Waals surface area contributed by atoms with Crippen LogP contribution in [0.4, 0.5) is 0 Å². The Morgan fingerprint density at radius 1 is 1.25 bits per heavy atom. The molecule has 20 heavy (non-hydrogen) atoms. The zero-order valence-electron chi connectivity index (χ0n) is 11.5. The van der Waals surface area contributed by atoms with Gasteiger partial charge in [-0.25, -0.2) is 4.98 Å². The number of amides is 1. The lowest BCUT2D eigenvalue weighted by Crippen LogP contribution is -2.36. The molecule has 5 heteroatoms. The van der Waals surface area contributed by atoms with Crippen LogP contribution in [0.3, 0.4) is 0 Å². The van der Waals surface area contributed by atoms with E-state index in [9.17, 15) is 4.79 Å². The molecule has 4 nitrogen and oxygen atoms in total. The number of nitrogens with zero attached hydrogens (tertiary/aromatic N) is 3. The molecule has 2 heterocycles. The molecular weight excluding hydrogens is 274 g/mol. The SMILES string of the molecule is CC(C)N(Cc1ccccn1)C(=O)c1ccnc(Cl)c1. The molecule has 2 aromatic heterocycles. The minimum Gasteiger partial charge on any atom is -0.330 e. The molecule has 104 valence electrons. The molecule has 0 saturated heterocycles. The van der Waals surface area contributed by atoms with Gasteiger partial charge in [0.2, 0.25) is 0 Å². The summed E-state index contributed by atoms with van der Waals surface area (Å²) in [7, 11) is 0. The smallest absolute Gasteiger partial charge is 0.254 e. The summed E-state index contributed by atoms with van der Waals surface area (Å²) < 4.78 is 0. The van der Waals surface area contributed by atoms with Crippen molar-refractivity contribution in [2.45, 2.75) is 26.4 Å². The molecule has 0 unspecified atom stereocenters. The maximum absolute atomic E-state index is 12.6. The second kappa shape index (κ2) is 6.48. The first-order valence-corrected chi connectivity index (χ1v) is 6.78. The number of pyridine rings is 2. The molecule has 0 aliphatic rings. The lowest BCUT2D eigenvalue weighted by molar-refractivity contribution is 0.0687. The third kappa shape index (κ3) is 3.54. The summed E-state index contributed by atoms with van der Waals surface area (Å²) in [5, 5.41) is 0.317.